The molecule has 130 valence electrons. The Bertz CT molecular complexity index is 1100. The molecule has 0 aliphatic rings. The zero-order valence-electron chi connectivity index (χ0n) is 14.8. The Morgan fingerprint density at radius 1 is 1.04 bits per heavy atom. The van der Waals surface area contributed by atoms with Crippen LogP contribution in [0.15, 0.2) is 48.7 Å². The number of imidazole rings is 1. The van der Waals surface area contributed by atoms with E-state index in [-0.39, 0.29) is 0 Å². The molecule has 26 heavy (non-hydrogen) atoms. The van der Waals surface area contributed by atoms with Gasteiger partial charge < -0.3 is 11.5 Å². The average Bonchev–Trinajstić information content (AvgIpc) is 3.00. The number of nitrogens with two attached hydrogens (primary N) is 2. The van der Waals surface area contributed by atoms with E-state index in [1.807, 2.05) is 54.8 Å². The van der Waals surface area contributed by atoms with E-state index in [0.717, 1.165) is 45.1 Å². The third kappa shape index (κ3) is 2.60. The van der Waals surface area contributed by atoms with Gasteiger partial charge in [-0.05, 0) is 55.3 Å². The third-order valence-electron chi connectivity index (χ3n) is 4.59. The number of fused-ring (bicyclic) bond motifs is 1. The van der Waals surface area contributed by atoms with Crippen molar-refractivity contribution in [2.75, 3.05) is 5.73 Å². The first-order chi connectivity index (χ1) is 12.6. The van der Waals surface area contributed by atoms with Gasteiger partial charge in [0.2, 0.25) is 0 Å². The highest BCUT2D eigenvalue weighted by Crippen LogP contribution is 2.30. The van der Waals surface area contributed by atoms with Gasteiger partial charge in [-0.3, -0.25) is 4.57 Å². The van der Waals surface area contributed by atoms with Crippen molar-refractivity contribution in [1.29, 1.82) is 0 Å². The number of aromatic nitrogens is 4. The minimum Gasteiger partial charge on any atom is -0.383 e. The van der Waals surface area contributed by atoms with Gasteiger partial charge in [0.05, 0.1) is 5.56 Å². The van der Waals surface area contributed by atoms with Crippen molar-refractivity contribution in [1.82, 2.24) is 19.5 Å². The number of hydrogen-bond donors (Lipinski definition) is 2. The quantitative estimate of drug-likeness (QED) is 0.595. The number of aryl methyl sites for hydroxylation is 2. The van der Waals surface area contributed by atoms with Crippen molar-refractivity contribution < 1.29 is 0 Å². The summed E-state index contributed by atoms with van der Waals surface area (Å²) in [6.07, 6.45) is 1.68. The number of nitrogens with zero attached hydrogens (tertiary/aromatic N) is 4. The molecule has 0 saturated heterocycles. The standard InChI is InChI=1S/C20H20N6/c1-12-10-17-20(24-13(12)2)26(15-7-5-14(11-21)6-8-15)19(25-17)16-4-3-9-23-18(16)22/h3-10H,11,21H2,1-2H3,(H2,22,23). The minimum atomic E-state index is 0.441. The molecular weight excluding hydrogens is 324 g/mol. The summed E-state index contributed by atoms with van der Waals surface area (Å²) in [7, 11) is 0. The lowest BCUT2D eigenvalue weighted by Gasteiger charge is -2.11. The first-order valence-corrected chi connectivity index (χ1v) is 8.45. The zero-order chi connectivity index (χ0) is 18.3. The molecule has 0 spiro atoms. The van der Waals surface area contributed by atoms with E-state index < -0.39 is 0 Å². The highest BCUT2D eigenvalue weighted by molar-refractivity contribution is 5.83. The molecule has 0 saturated carbocycles. The third-order valence-corrected chi connectivity index (χ3v) is 4.59. The van der Waals surface area contributed by atoms with E-state index in [1.165, 1.54) is 0 Å². The highest BCUT2D eigenvalue weighted by Gasteiger charge is 2.18. The average molecular weight is 344 g/mol. The summed E-state index contributed by atoms with van der Waals surface area (Å²) < 4.78 is 2.02. The summed E-state index contributed by atoms with van der Waals surface area (Å²) in [6.45, 7) is 4.54. The van der Waals surface area contributed by atoms with Crippen LogP contribution in [0.2, 0.25) is 0 Å². The fraction of sp³-hybridized carbons (Fsp3) is 0.150. The first-order valence-electron chi connectivity index (χ1n) is 8.45. The molecule has 4 N–H and O–H groups in total. The lowest BCUT2D eigenvalue weighted by molar-refractivity contribution is 1.04. The van der Waals surface area contributed by atoms with Crippen molar-refractivity contribution in [3.8, 4) is 17.1 Å². The molecule has 0 radical (unpaired) electrons. The number of rotatable bonds is 3. The topological polar surface area (TPSA) is 95.6 Å². The van der Waals surface area contributed by atoms with Gasteiger partial charge in [0.1, 0.15) is 11.3 Å². The monoisotopic (exact) mass is 344 g/mol. The molecule has 1 aromatic carbocycles. The summed E-state index contributed by atoms with van der Waals surface area (Å²) in [5.41, 5.74) is 18.4. The lowest BCUT2D eigenvalue weighted by Crippen LogP contribution is -2.03. The van der Waals surface area contributed by atoms with Crippen molar-refractivity contribution in [3.63, 3.8) is 0 Å². The van der Waals surface area contributed by atoms with Gasteiger partial charge >= 0.3 is 0 Å². The molecule has 4 aromatic rings. The normalized spacial score (nSPS) is 11.2. The van der Waals surface area contributed by atoms with E-state index in [2.05, 4.69) is 11.1 Å². The van der Waals surface area contributed by atoms with Crippen LogP contribution in [0.3, 0.4) is 0 Å². The molecular formula is C20H20N6. The van der Waals surface area contributed by atoms with Gasteiger partial charge in [-0.2, -0.15) is 0 Å². The number of anilines is 1. The second-order valence-electron chi connectivity index (χ2n) is 6.31. The molecule has 0 fully saturated rings. The Balaban J connectivity index is 2.05. The molecule has 0 amide bonds. The van der Waals surface area contributed by atoms with Crippen LogP contribution in [0.1, 0.15) is 16.8 Å². The molecule has 0 aliphatic carbocycles. The van der Waals surface area contributed by atoms with Gasteiger partial charge in [0, 0.05) is 24.1 Å². The number of pyridine rings is 2. The van der Waals surface area contributed by atoms with E-state index in [1.54, 1.807) is 6.20 Å². The Morgan fingerprint density at radius 2 is 1.81 bits per heavy atom. The molecule has 3 aromatic heterocycles. The van der Waals surface area contributed by atoms with Crippen LogP contribution < -0.4 is 11.5 Å². The summed E-state index contributed by atoms with van der Waals surface area (Å²) in [5, 5.41) is 0. The van der Waals surface area contributed by atoms with Crippen molar-refractivity contribution in [2.24, 2.45) is 5.73 Å². The molecule has 6 heteroatoms. The van der Waals surface area contributed by atoms with Crippen LogP contribution >= 0.6 is 0 Å². The fourth-order valence-electron chi connectivity index (χ4n) is 3.00. The molecule has 3 heterocycles. The molecule has 6 nitrogen and oxygen atoms in total. The van der Waals surface area contributed by atoms with Crippen molar-refractivity contribution in [3.05, 3.63) is 65.5 Å². The van der Waals surface area contributed by atoms with Crippen LogP contribution in [0.5, 0.6) is 0 Å². The largest absolute Gasteiger partial charge is 0.383 e. The van der Waals surface area contributed by atoms with Crippen molar-refractivity contribution >= 4 is 17.0 Å². The van der Waals surface area contributed by atoms with E-state index in [4.69, 9.17) is 21.4 Å². The van der Waals surface area contributed by atoms with E-state index >= 15 is 0 Å². The predicted octanol–water partition coefficient (Wildman–Crippen LogP) is 3.14. The Labute approximate surface area is 151 Å². The second kappa shape index (κ2) is 6.24. The maximum absolute atomic E-state index is 6.13. The smallest absolute Gasteiger partial charge is 0.165 e. The number of nitrogen functional groups attached to an aromatic ring is 1. The van der Waals surface area contributed by atoms with Crippen LogP contribution in [-0.2, 0) is 6.54 Å². The van der Waals surface area contributed by atoms with Gasteiger partial charge in [0.25, 0.3) is 0 Å². The fourth-order valence-corrected chi connectivity index (χ4v) is 3.00. The van der Waals surface area contributed by atoms with Gasteiger partial charge in [0.15, 0.2) is 11.5 Å². The Hall–Kier alpha value is -3.25. The zero-order valence-corrected chi connectivity index (χ0v) is 14.8. The van der Waals surface area contributed by atoms with Gasteiger partial charge in [-0.1, -0.05) is 12.1 Å². The Morgan fingerprint density at radius 3 is 2.50 bits per heavy atom. The molecule has 0 aliphatic heterocycles. The lowest BCUT2D eigenvalue weighted by atomic mass is 10.2. The maximum Gasteiger partial charge on any atom is 0.165 e. The van der Waals surface area contributed by atoms with E-state index in [0.29, 0.717) is 12.4 Å². The molecule has 4 rings (SSSR count). The second-order valence-corrected chi connectivity index (χ2v) is 6.31. The Kier molecular flexibility index (Phi) is 3.89. The summed E-state index contributed by atoms with van der Waals surface area (Å²) >= 11 is 0. The summed E-state index contributed by atoms with van der Waals surface area (Å²) in [5.74, 6) is 1.17. The predicted molar refractivity (Wildman–Crippen MR) is 104 cm³/mol. The van der Waals surface area contributed by atoms with Crippen LogP contribution in [0.25, 0.3) is 28.2 Å². The molecule has 0 atom stereocenters. The number of benzene rings is 1. The van der Waals surface area contributed by atoms with Crippen LogP contribution in [0.4, 0.5) is 5.82 Å². The van der Waals surface area contributed by atoms with Crippen molar-refractivity contribution in [2.45, 2.75) is 20.4 Å². The van der Waals surface area contributed by atoms with Crippen LogP contribution in [-0.4, -0.2) is 19.5 Å². The maximum atomic E-state index is 6.13. The summed E-state index contributed by atoms with van der Waals surface area (Å²) in [4.78, 5) is 13.8. The van der Waals surface area contributed by atoms with Gasteiger partial charge in [-0.15, -0.1) is 0 Å². The minimum absolute atomic E-state index is 0.441. The molecule has 0 unspecified atom stereocenters. The highest BCUT2D eigenvalue weighted by atomic mass is 15.1. The van der Waals surface area contributed by atoms with E-state index in [9.17, 15) is 0 Å². The SMILES string of the molecule is Cc1cc2nc(-c3cccnc3N)n(-c3ccc(CN)cc3)c2nc1C. The molecule has 0 bridgehead atoms. The van der Waals surface area contributed by atoms with Crippen LogP contribution in [0, 0.1) is 13.8 Å². The first kappa shape index (κ1) is 16.2. The summed E-state index contributed by atoms with van der Waals surface area (Å²) in [6, 6.07) is 13.9. The number of hydrogen-bond acceptors (Lipinski definition) is 5. The van der Waals surface area contributed by atoms with Gasteiger partial charge in [-0.25, -0.2) is 15.0 Å².